The van der Waals surface area contributed by atoms with Crippen LogP contribution in [-0.4, -0.2) is 29.9 Å². The van der Waals surface area contributed by atoms with Gasteiger partial charge < -0.3 is 15.4 Å². The molecule has 32 heavy (non-hydrogen) atoms. The van der Waals surface area contributed by atoms with E-state index in [-0.39, 0.29) is 17.8 Å². The van der Waals surface area contributed by atoms with Gasteiger partial charge >= 0.3 is 24.0 Å². The summed E-state index contributed by atoms with van der Waals surface area (Å²) in [5, 5.41) is 6.85. The van der Waals surface area contributed by atoms with Crippen molar-refractivity contribution in [3.05, 3.63) is 70.7 Å². The van der Waals surface area contributed by atoms with Crippen molar-refractivity contribution in [1.29, 1.82) is 0 Å². The lowest BCUT2D eigenvalue weighted by atomic mass is 10.1. The number of ether oxygens (including phenoxy) is 1. The van der Waals surface area contributed by atoms with Crippen LogP contribution in [0.3, 0.4) is 0 Å². The van der Waals surface area contributed by atoms with Gasteiger partial charge in [0.15, 0.2) is 0 Å². The van der Waals surface area contributed by atoms with Gasteiger partial charge in [-0.3, -0.25) is 9.59 Å². The van der Waals surface area contributed by atoms with Crippen LogP contribution >= 0.6 is 11.3 Å². The zero-order chi connectivity index (χ0) is 23.3. The van der Waals surface area contributed by atoms with E-state index in [0.717, 1.165) is 12.1 Å². The van der Waals surface area contributed by atoms with Crippen LogP contribution in [0.5, 0.6) is 0 Å². The quantitative estimate of drug-likeness (QED) is 0.442. The monoisotopic (exact) mass is 463 g/mol. The fourth-order valence-electron chi connectivity index (χ4n) is 2.63. The second-order valence-corrected chi connectivity index (χ2v) is 7.25. The fourth-order valence-corrected chi connectivity index (χ4v) is 3.46. The number of carbonyl (C=O) groups excluding carboxylic acids is 3. The number of amides is 2. The maximum atomic E-state index is 12.7. The Bertz CT molecular complexity index is 1140. The minimum atomic E-state index is -4.42. The molecule has 0 bridgehead atoms. The van der Waals surface area contributed by atoms with Crippen LogP contribution in [0, 0.1) is 0 Å². The molecule has 0 unspecified atom stereocenters. The smallest absolute Gasteiger partial charge is 0.416 e. The molecule has 3 aromatic rings. The van der Waals surface area contributed by atoms with Crippen molar-refractivity contribution in [2.24, 2.45) is 0 Å². The third kappa shape index (κ3) is 5.49. The molecule has 166 valence electrons. The zero-order valence-corrected chi connectivity index (χ0v) is 17.3. The van der Waals surface area contributed by atoms with E-state index in [1.807, 2.05) is 0 Å². The van der Waals surface area contributed by atoms with Crippen LogP contribution in [0.4, 0.5) is 18.9 Å². The van der Waals surface area contributed by atoms with Gasteiger partial charge in [-0.15, -0.1) is 11.3 Å². The number of carbonyl (C=O) groups is 3. The fraction of sp³-hybridized carbons (Fsp3) is 0.143. The lowest BCUT2D eigenvalue weighted by molar-refractivity contribution is -0.137. The standard InChI is InChI=1S/C21H16F3N3O4S/c1-31-20(30)15-4-2-3-5-16(15)27-18(29)17(28)25-10-14-11-32-19(26-14)12-6-8-13(9-7-12)21(22,23)24/h2-9,11H,10H2,1H3,(H,25,28)(H,27,29). The minimum absolute atomic E-state index is 0.0674. The number of thiazole rings is 1. The maximum absolute atomic E-state index is 12.7. The van der Waals surface area contributed by atoms with Gasteiger partial charge in [-0.2, -0.15) is 13.2 Å². The Morgan fingerprint density at radius 3 is 2.38 bits per heavy atom. The average Bonchev–Trinajstić information content (AvgIpc) is 3.26. The SMILES string of the molecule is COC(=O)c1ccccc1NC(=O)C(=O)NCc1csc(-c2ccc(C(F)(F)F)cc2)n1. The van der Waals surface area contributed by atoms with E-state index in [9.17, 15) is 27.6 Å². The zero-order valence-electron chi connectivity index (χ0n) is 16.5. The molecule has 0 saturated heterocycles. The average molecular weight is 463 g/mol. The molecule has 7 nitrogen and oxygen atoms in total. The van der Waals surface area contributed by atoms with Gasteiger partial charge in [-0.25, -0.2) is 9.78 Å². The van der Waals surface area contributed by atoms with Gasteiger partial charge in [0, 0.05) is 10.9 Å². The van der Waals surface area contributed by atoms with Crippen molar-refractivity contribution in [1.82, 2.24) is 10.3 Å². The molecule has 2 aromatic carbocycles. The van der Waals surface area contributed by atoms with Crippen LogP contribution in [0.25, 0.3) is 10.6 Å². The predicted octanol–water partition coefficient (Wildman–Crippen LogP) is 3.87. The van der Waals surface area contributed by atoms with Crippen LogP contribution in [-0.2, 0) is 27.0 Å². The molecule has 0 aliphatic carbocycles. The largest absolute Gasteiger partial charge is 0.465 e. The van der Waals surface area contributed by atoms with E-state index in [4.69, 9.17) is 0 Å². The summed E-state index contributed by atoms with van der Waals surface area (Å²) in [7, 11) is 1.19. The number of hydrogen-bond donors (Lipinski definition) is 2. The maximum Gasteiger partial charge on any atom is 0.416 e. The Kier molecular flexibility index (Phi) is 6.89. The summed E-state index contributed by atoms with van der Waals surface area (Å²) in [6.45, 7) is -0.0674. The molecule has 0 atom stereocenters. The molecule has 0 radical (unpaired) electrons. The lowest BCUT2D eigenvalue weighted by Gasteiger charge is -2.09. The van der Waals surface area contributed by atoms with Crippen LogP contribution < -0.4 is 10.6 Å². The Morgan fingerprint density at radius 2 is 1.72 bits per heavy atom. The molecular weight excluding hydrogens is 447 g/mol. The summed E-state index contributed by atoms with van der Waals surface area (Å²) in [5.74, 6) is -2.60. The number of nitrogens with zero attached hydrogens (tertiary/aromatic N) is 1. The third-order valence-electron chi connectivity index (χ3n) is 4.23. The van der Waals surface area contributed by atoms with Crippen molar-refractivity contribution >= 4 is 34.8 Å². The molecule has 2 N–H and O–H groups in total. The Morgan fingerprint density at radius 1 is 1.03 bits per heavy atom. The molecular formula is C21H16F3N3O4S. The highest BCUT2D eigenvalue weighted by atomic mass is 32.1. The summed E-state index contributed by atoms with van der Waals surface area (Å²) in [6.07, 6.45) is -4.42. The molecule has 11 heteroatoms. The van der Waals surface area contributed by atoms with Gasteiger partial charge in [-0.1, -0.05) is 24.3 Å². The first-order valence-electron chi connectivity index (χ1n) is 9.07. The normalized spacial score (nSPS) is 11.0. The first-order valence-corrected chi connectivity index (χ1v) is 9.95. The Balaban J connectivity index is 1.60. The highest BCUT2D eigenvalue weighted by Crippen LogP contribution is 2.31. The first-order chi connectivity index (χ1) is 15.2. The number of hydrogen-bond acceptors (Lipinski definition) is 6. The molecule has 0 saturated carbocycles. The van der Waals surface area contributed by atoms with Gasteiger partial charge in [-0.05, 0) is 24.3 Å². The van der Waals surface area contributed by atoms with Gasteiger partial charge in [0.05, 0.1) is 36.2 Å². The van der Waals surface area contributed by atoms with Gasteiger partial charge in [0.25, 0.3) is 0 Å². The van der Waals surface area contributed by atoms with Crippen molar-refractivity contribution in [3.8, 4) is 10.6 Å². The van der Waals surface area contributed by atoms with E-state index in [1.54, 1.807) is 17.5 Å². The topological polar surface area (TPSA) is 97.4 Å². The number of alkyl halides is 3. The molecule has 3 rings (SSSR count). The molecule has 1 heterocycles. The van der Waals surface area contributed by atoms with E-state index in [2.05, 4.69) is 20.4 Å². The number of anilines is 1. The number of aromatic nitrogens is 1. The number of nitrogens with one attached hydrogen (secondary N) is 2. The molecule has 0 fully saturated rings. The molecule has 0 aliphatic rings. The van der Waals surface area contributed by atoms with Crippen molar-refractivity contribution < 1.29 is 32.3 Å². The van der Waals surface area contributed by atoms with Crippen LogP contribution in [0.2, 0.25) is 0 Å². The van der Waals surface area contributed by atoms with Gasteiger partial charge in [0.1, 0.15) is 5.01 Å². The van der Waals surface area contributed by atoms with E-state index < -0.39 is 29.5 Å². The first kappa shape index (κ1) is 22.9. The Labute approximate surface area is 184 Å². The van der Waals surface area contributed by atoms with E-state index in [1.165, 1.54) is 42.7 Å². The van der Waals surface area contributed by atoms with Gasteiger partial charge in [0.2, 0.25) is 0 Å². The van der Waals surface area contributed by atoms with Crippen molar-refractivity contribution in [2.75, 3.05) is 12.4 Å². The number of benzene rings is 2. The highest BCUT2D eigenvalue weighted by molar-refractivity contribution is 7.13. The third-order valence-corrected chi connectivity index (χ3v) is 5.17. The molecule has 1 aromatic heterocycles. The van der Waals surface area contributed by atoms with Crippen LogP contribution in [0.15, 0.2) is 53.9 Å². The van der Waals surface area contributed by atoms with Crippen LogP contribution in [0.1, 0.15) is 21.6 Å². The number of methoxy groups -OCH3 is 1. The summed E-state index contributed by atoms with van der Waals surface area (Å²) >= 11 is 1.19. The summed E-state index contributed by atoms with van der Waals surface area (Å²) in [5.41, 5.74) is 0.387. The number of rotatable bonds is 5. The highest BCUT2D eigenvalue weighted by Gasteiger charge is 2.30. The molecule has 2 amide bonds. The van der Waals surface area contributed by atoms with E-state index >= 15 is 0 Å². The number of esters is 1. The Hall–Kier alpha value is -3.73. The second kappa shape index (κ2) is 9.60. The number of halogens is 3. The predicted molar refractivity (Wildman–Crippen MR) is 111 cm³/mol. The second-order valence-electron chi connectivity index (χ2n) is 6.39. The molecule has 0 aliphatic heterocycles. The van der Waals surface area contributed by atoms with Crippen molar-refractivity contribution in [3.63, 3.8) is 0 Å². The van der Waals surface area contributed by atoms with Crippen molar-refractivity contribution in [2.45, 2.75) is 12.7 Å². The minimum Gasteiger partial charge on any atom is -0.465 e. The van der Waals surface area contributed by atoms with E-state index in [0.29, 0.717) is 16.3 Å². The molecule has 0 spiro atoms. The number of para-hydroxylation sites is 1. The summed E-state index contributed by atoms with van der Waals surface area (Å²) in [6, 6.07) is 10.6. The summed E-state index contributed by atoms with van der Waals surface area (Å²) in [4.78, 5) is 40.3. The lowest BCUT2D eigenvalue weighted by Crippen LogP contribution is -2.35. The summed E-state index contributed by atoms with van der Waals surface area (Å²) < 4.78 is 42.7.